The molecule has 0 amide bonds. The molecular formula is C7H17BS. The Balaban J connectivity index is 3.16. The van der Waals surface area contributed by atoms with E-state index in [1.165, 1.54) is 19.2 Å². The zero-order valence-corrected chi connectivity index (χ0v) is 7.62. The fourth-order valence-corrected chi connectivity index (χ4v) is 0.916. The third-order valence-electron chi connectivity index (χ3n) is 1.84. The van der Waals surface area contributed by atoms with Crippen LogP contribution in [0, 0.1) is 0 Å². The van der Waals surface area contributed by atoms with Crippen LogP contribution in [0.1, 0.15) is 26.7 Å². The molecule has 0 rings (SSSR count). The molecule has 54 valence electrons. The second-order valence-corrected chi connectivity index (χ2v) is 3.67. The lowest BCUT2D eigenvalue weighted by molar-refractivity contribution is 0.871. The van der Waals surface area contributed by atoms with Gasteiger partial charge in [-0.2, -0.15) is 12.6 Å². The predicted octanol–water partition coefficient (Wildman–Crippen LogP) is 2.77. The minimum atomic E-state index is 0.566. The summed E-state index contributed by atoms with van der Waals surface area (Å²) in [5.74, 6) is 0. The molecule has 0 aliphatic rings. The highest BCUT2D eigenvalue weighted by molar-refractivity contribution is 7.82. The van der Waals surface area contributed by atoms with Gasteiger partial charge in [-0.15, -0.1) is 0 Å². The predicted molar refractivity (Wildman–Crippen MR) is 49.8 cm³/mol. The van der Waals surface area contributed by atoms with E-state index >= 15 is 0 Å². The molecule has 0 aromatic rings. The molecular weight excluding hydrogens is 127 g/mol. The molecule has 0 fully saturated rings. The van der Waals surface area contributed by atoms with Crippen molar-refractivity contribution in [2.24, 2.45) is 0 Å². The van der Waals surface area contributed by atoms with Crippen LogP contribution in [0.15, 0.2) is 0 Å². The van der Waals surface area contributed by atoms with Crippen LogP contribution in [0.3, 0.4) is 0 Å². The Kier molecular flexibility index (Phi) is 5.46. The summed E-state index contributed by atoms with van der Waals surface area (Å²) in [7, 11) is 0. The molecule has 2 heteroatoms. The van der Waals surface area contributed by atoms with Crippen molar-refractivity contribution in [2.45, 2.75) is 45.0 Å². The molecule has 0 heterocycles. The second kappa shape index (κ2) is 5.22. The van der Waals surface area contributed by atoms with Crippen LogP contribution in [0.2, 0.25) is 13.1 Å². The summed E-state index contributed by atoms with van der Waals surface area (Å²) in [5, 5.41) is 0.566. The second-order valence-electron chi connectivity index (χ2n) is 2.86. The summed E-state index contributed by atoms with van der Waals surface area (Å²) in [5.41, 5.74) is 0. The molecule has 0 aromatic carbocycles. The van der Waals surface area contributed by atoms with Gasteiger partial charge < -0.3 is 0 Å². The molecule has 0 bridgehead atoms. The highest BCUT2D eigenvalue weighted by atomic mass is 32.1. The molecule has 1 atom stereocenters. The van der Waals surface area contributed by atoms with Gasteiger partial charge in [-0.25, -0.2) is 0 Å². The van der Waals surface area contributed by atoms with Crippen molar-refractivity contribution >= 4 is 19.3 Å². The molecule has 0 saturated carbocycles. The van der Waals surface area contributed by atoms with E-state index in [0.717, 1.165) is 6.71 Å². The monoisotopic (exact) mass is 144 g/mol. The topological polar surface area (TPSA) is 0 Å². The number of thiol groups is 1. The molecule has 0 N–H and O–H groups in total. The SMILES string of the molecule is CCCCB(C)[C@@H](C)S. The molecule has 9 heavy (non-hydrogen) atoms. The standard InChI is InChI=1S/C7H17BS/c1-4-5-6-8(3)7(2)9/h7,9H,4-6H2,1-3H3/t7-/m1/s1. The van der Waals surface area contributed by atoms with Crippen LogP contribution in [-0.4, -0.2) is 11.9 Å². The molecule has 0 spiro atoms. The van der Waals surface area contributed by atoms with E-state index in [1.807, 2.05) is 0 Å². The van der Waals surface area contributed by atoms with Gasteiger partial charge in [0, 0.05) is 0 Å². The first-order valence-electron chi connectivity index (χ1n) is 3.86. The average molecular weight is 144 g/mol. The summed E-state index contributed by atoms with van der Waals surface area (Å²) < 4.78 is 0. The van der Waals surface area contributed by atoms with E-state index in [2.05, 4.69) is 33.3 Å². The van der Waals surface area contributed by atoms with Crippen LogP contribution in [0.4, 0.5) is 0 Å². The maximum absolute atomic E-state index is 4.37. The van der Waals surface area contributed by atoms with Crippen LogP contribution in [0.5, 0.6) is 0 Å². The fourth-order valence-electron chi connectivity index (χ4n) is 0.767. The van der Waals surface area contributed by atoms with Crippen LogP contribution >= 0.6 is 12.6 Å². The van der Waals surface area contributed by atoms with E-state index in [-0.39, 0.29) is 0 Å². The van der Waals surface area contributed by atoms with Gasteiger partial charge in [-0.1, -0.05) is 39.8 Å². The summed E-state index contributed by atoms with van der Waals surface area (Å²) in [6.07, 6.45) is 4.00. The third-order valence-corrected chi connectivity index (χ3v) is 2.35. The van der Waals surface area contributed by atoms with E-state index in [4.69, 9.17) is 0 Å². The number of hydrogen-bond donors (Lipinski definition) is 1. The Morgan fingerprint density at radius 1 is 1.56 bits per heavy atom. The quantitative estimate of drug-likeness (QED) is 0.455. The highest BCUT2D eigenvalue weighted by Crippen LogP contribution is 2.08. The number of hydrogen-bond acceptors (Lipinski definition) is 1. The van der Waals surface area contributed by atoms with Crippen molar-refractivity contribution in [2.75, 3.05) is 0 Å². The van der Waals surface area contributed by atoms with Crippen molar-refractivity contribution in [3.8, 4) is 0 Å². The molecule has 0 aromatic heterocycles. The van der Waals surface area contributed by atoms with Gasteiger partial charge >= 0.3 is 0 Å². The first kappa shape index (κ1) is 9.41. The van der Waals surface area contributed by atoms with Crippen molar-refractivity contribution in [1.29, 1.82) is 0 Å². The van der Waals surface area contributed by atoms with Gasteiger partial charge in [0.25, 0.3) is 0 Å². The summed E-state index contributed by atoms with van der Waals surface area (Å²) in [6.45, 7) is 7.46. The highest BCUT2D eigenvalue weighted by Gasteiger charge is 2.10. The van der Waals surface area contributed by atoms with Crippen molar-refractivity contribution < 1.29 is 0 Å². The Bertz CT molecular complexity index is 63.9. The van der Waals surface area contributed by atoms with Crippen LogP contribution in [0.25, 0.3) is 0 Å². The minimum Gasteiger partial charge on any atom is -0.184 e. The fraction of sp³-hybridized carbons (Fsp3) is 1.00. The molecule has 0 aliphatic heterocycles. The smallest absolute Gasteiger partial charge is 0.151 e. The maximum atomic E-state index is 4.37. The normalized spacial score (nSPS) is 13.3. The largest absolute Gasteiger partial charge is 0.184 e. The van der Waals surface area contributed by atoms with Gasteiger partial charge in [0.1, 0.15) is 0 Å². The number of unbranched alkanes of at least 4 members (excludes halogenated alkanes) is 1. The van der Waals surface area contributed by atoms with Gasteiger partial charge in [0.05, 0.1) is 0 Å². The lowest BCUT2D eigenvalue weighted by Gasteiger charge is -2.08. The third kappa shape index (κ3) is 4.89. The van der Waals surface area contributed by atoms with E-state index in [9.17, 15) is 0 Å². The Morgan fingerprint density at radius 3 is 2.44 bits per heavy atom. The van der Waals surface area contributed by atoms with Gasteiger partial charge in [-0.3, -0.25) is 0 Å². The molecule has 0 unspecified atom stereocenters. The molecule has 0 aliphatic carbocycles. The molecule has 0 saturated heterocycles. The lowest BCUT2D eigenvalue weighted by Crippen LogP contribution is -2.18. The van der Waals surface area contributed by atoms with Gasteiger partial charge in [0.2, 0.25) is 0 Å². The Labute approximate surface area is 64.9 Å². The lowest BCUT2D eigenvalue weighted by atomic mass is 9.46. The number of rotatable bonds is 4. The zero-order chi connectivity index (χ0) is 7.28. The van der Waals surface area contributed by atoms with Crippen molar-refractivity contribution in [3.05, 3.63) is 0 Å². The molecule has 0 radical (unpaired) electrons. The van der Waals surface area contributed by atoms with E-state index in [1.54, 1.807) is 0 Å². The average Bonchev–Trinajstić information content (AvgIpc) is 1.82. The van der Waals surface area contributed by atoms with Crippen LogP contribution in [-0.2, 0) is 0 Å². The first-order valence-corrected chi connectivity index (χ1v) is 4.38. The minimum absolute atomic E-state index is 0.566. The summed E-state index contributed by atoms with van der Waals surface area (Å²) in [4.78, 5) is 0. The summed E-state index contributed by atoms with van der Waals surface area (Å²) in [6, 6.07) is 0. The van der Waals surface area contributed by atoms with Crippen molar-refractivity contribution in [3.63, 3.8) is 0 Å². The van der Waals surface area contributed by atoms with E-state index < -0.39 is 0 Å². The zero-order valence-electron chi connectivity index (χ0n) is 6.72. The molecule has 0 nitrogen and oxygen atoms in total. The maximum Gasteiger partial charge on any atom is 0.151 e. The first-order chi connectivity index (χ1) is 4.18. The van der Waals surface area contributed by atoms with Crippen molar-refractivity contribution in [1.82, 2.24) is 0 Å². The Hall–Kier alpha value is 0.415. The van der Waals surface area contributed by atoms with E-state index in [0.29, 0.717) is 5.15 Å². The summed E-state index contributed by atoms with van der Waals surface area (Å²) >= 11 is 4.37. The van der Waals surface area contributed by atoms with Crippen LogP contribution < -0.4 is 0 Å². The Morgan fingerprint density at radius 2 is 2.11 bits per heavy atom. The van der Waals surface area contributed by atoms with Gasteiger partial charge in [0.15, 0.2) is 6.71 Å². The van der Waals surface area contributed by atoms with Gasteiger partial charge in [-0.05, 0) is 5.15 Å².